The van der Waals surface area contributed by atoms with E-state index in [1.54, 1.807) is 12.1 Å². The zero-order chi connectivity index (χ0) is 36.8. The second-order valence-electron chi connectivity index (χ2n) is 12.7. The lowest BCUT2D eigenvalue weighted by Gasteiger charge is -2.22. The van der Waals surface area contributed by atoms with Crippen LogP contribution in [-0.2, 0) is 34.4 Å². The Morgan fingerprint density at radius 3 is 2.43 bits per heavy atom. The summed E-state index contributed by atoms with van der Waals surface area (Å²) >= 11 is 13.5. The summed E-state index contributed by atoms with van der Waals surface area (Å²) in [7, 11) is -3.42. The van der Waals surface area contributed by atoms with Crippen LogP contribution in [0.1, 0.15) is 35.1 Å². The first-order valence-corrected chi connectivity index (χ1v) is 19.0. The summed E-state index contributed by atoms with van der Waals surface area (Å²) in [6.45, 7) is 4.02. The molecule has 0 amide bonds. The van der Waals surface area contributed by atoms with Crippen molar-refractivity contribution in [3.05, 3.63) is 99.3 Å². The van der Waals surface area contributed by atoms with Crippen molar-refractivity contribution in [3.63, 3.8) is 0 Å². The summed E-state index contributed by atoms with van der Waals surface area (Å²) in [5.74, 6) is 0.428. The minimum atomic E-state index is -3.42. The van der Waals surface area contributed by atoms with Crippen molar-refractivity contribution in [2.75, 3.05) is 39.1 Å². The molecule has 51 heavy (non-hydrogen) atoms. The van der Waals surface area contributed by atoms with E-state index in [1.165, 1.54) is 18.5 Å². The Morgan fingerprint density at radius 1 is 0.980 bits per heavy atom. The van der Waals surface area contributed by atoms with E-state index in [9.17, 15) is 23.4 Å². The summed E-state index contributed by atoms with van der Waals surface area (Å²) in [4.78, 5) is 17.8. The van der Waals surface area contributed by atoms with Gasteiger partial charge in [-0.2, -0.15) is 0 Å². The van der Waals surface area contributed by atoms with Gasteiger partial charge in [0.05, 0.1) is 28.2 Å². The van der Waals surface area contributed by atoms with Crippen LogP contribution in [0.3, 0.4) is 0 Å². The predicted octanol–water partition coefficient (Wildman–Crippen LogP) is 5.92. The van der Waals surface area contributed by atoms with Gasteiger partial charge in [0.25, 0.3) is 0 Å². The number of ether oxygens (including phenoxy) is 3. The van der Waals surface area contributed by atoms with Gasteiger partial charge < -0.3 is 35.1 Å². The summed E-state index contributed by atoms with van der Waals surface area (Å²) in [6, 6.07) is 16.4. The molecule has 1 aliphatic rings. The molecule has 1 aliphatic heterocycles. The number of aromatic nitrogens is 1. The van der Waals surface area contributed by atoms with Crippen molar-refractivity contribution in [2.24, 2.45) is 11.1 Å². The fraction of sp³-hybridized carbons (Fsp3) is 0.351. The van der Waals surface area contributed by atoms with E-state index in [-0.39, 0.29) is 31.3 Å². The second-order valence-corrected chi connectivity index (χ2v) is 15.5. The minimum absolute atomic E-state index is 0.0611. The maximum atomic E-state index is 12.0. The van der Waals surface area contributed by atoms with Gasteiger partial charge in [-0.25, -0.2) is 8.42 Å². The normalized spacial score (nSPS) is 16.3. The predicted molar refractivity (Wildman–Crippen MR) is 195 cm³/mol. The maximum Gasteiger partial charge on any atom is 0.313 e. The van der Waals surface area contributed by atoms with Gasteiger partial charge in [0.15, 0.2) is 9.84 Å². The number of nitrogens with two attached hydrogens (primary N) is 1. The summed E-state index contributed by atoms with van der Waals surface area (Å²) in [6.07, 6.45) is 5.04. The van der Waals surface area contributed by atoms with Gasteiger partial charge in [0, 0.05) is 61.0 Å². The largest absolute Gasteiger partial charge is 0.492 e. The monoisotopic (exact) mass is 757 g/mol. The molecule has 3 aromatic carbocycles. The van der Waals surface area contributed by atoms with Crippen molar-refractivity contribution in [1.29, 1.82) is 0 Å². The highest BCUT2D eigenvalue weighted by Gasteiger charge is 2.44. The molecule has 14 heteroatoms. The zero-order valence-corrected chi connectivity index (χ0v) is 30.7. The van der Waals surface area contributed by atoms with E-state index in [4.69, 9.17) is 43.1 Å². The molecule has 2 heterocycles. The molecule has 272 valence electrons. The highest BCUT2D eigenvalue weighted by molar-refractivity contribution is 7.90. The van der Waals surface area contributed by atoms with E-state index in [2.05, 4.69) is 4.98 Å². The first kappa shape index (κ1) is 38.3. The van der Waals surface area contributed by atoms with Gasteiger partial charge in [-0.3, -0.25) is 9.78 Å². The number of hydrogen-bond donors (Lipinski definition) is 3. The number of nitrogens with zero attached hydrogens (tertiary/aromatic N) is 2. The van der Waals surface area contributed by atoms with Crippen molar-refractivity contribution in [3.8, 4) is 28.4 Å². The average Bonchev–Trinajstić information content (AvgIpc) is 3.55. The highest BCUT2D eigenvalue weighted by atomic mass is 35.5. The number of aliphatic carboxylic acids is 1. The number of aliphatic hydroxyl groups is 1. The number of aliphatic hydroxyl groups excluding tert-OH is 1. The van der Waals surface area contributed by atoms with Gasteiger partial charge in [-0.15, -0.1) is 0 Å². The van der Waals surface area contributed by atoms with E-state index in [0.717, 1.165) is 28.5 Å². The number of likely N-dealkylation sites (tertiary alicyclic amines) is 1. The van der Waals surface area contributed by atoms with Crippen molar-refractivity contribution < 1.29 is 37.6 Å². The van der Waals surface area contributed by atoms with Gasteiger partial charge in [0.2, 0.25) is 0 Å². The lowest BCUT2D eigenvalue weighted by Crippen LogP contribution is -2.38. The highest BCUT2D eigenvalue weighted by Crippen LogP contribution is 2.39. The number of carboxylic acids is 1. The smallest absolute Gasteiger partial charge is 0.313 e. The molecule has 1 aromatic heterocycles. The number of halogens is 2. The lowest BCUT2D eigenvalue weighted by atomic mass is 9.88. The van der Waals surface area contributed by atoms with Crippen LogP contribution in [0, 0.1) is 12.3 Å². The molecule has 1 saturated heterocycles. The third-order valence-corrected chi connectivity index (χ3v) is 10.8. The molecule has 4 N–H and O–H groups in total. The molecule has 4 aromatic rings. The molecule has 5 rings (SSSR count). The van der Waals surface area contributed by atoms with E-state index >= 15 is 0 Å². The molecule has 0 saturated carbocycles. The quantitative estimate of drug-likeness (QED) is 0.116. The Labute approximate surface area is 307 Å². The Hall–Kier alpha value is -3.91. The van der Waals surface area contributed by atoms with Crippen molar-refractivity contribution >= 4 is 39.0 Å². The fourth-order valence-electron chi connectivity index (χ4n) is 6.00. The number of sulfone groups is 1. The maximum absolute atomic E-state index is 12.0. The van der Waals surface area contributed by atoms with Crippen LogP contribution in [0.15, 0.2) is 71.9 Å². The molecule has 0 radical (unpaired) electrons. The summed E-state index contributed by atoms with van der Waals surface area (Å²) in [5.41, 5.74) is 9.69. The molecule has 1 unspecified atom stereocenters. The number of rotatable bonds is 16. The van der Waals surface area contributed by atoms with Crippen LogP contribution in [0.2, 0.25) is 10.0 Å². The molecule has 11 nitrogen and oxygen atoms in total. The molecule has 1 fully saturated rings. The van der Waals surface area contributed by atoms with Gasteiger partial charge in [-0.05, 0) is 61.2 Å². The topological polar surface area (TPSA) is 162 Å². The molecular formula is C37H41Cl2N3O8S. The van der Waals surface area contributed by atoms with Crippen LogP contribution < -0.4 is 19.9 Å². The van der Waals surface area contributed by atoms with Crippen LogP contribution in [0.4, 0.5) is 0 Å². The summed E-state index contributed by atoms with van der Waals surface area (Å²) in [5, 5.41) is 20.0. The number of benzene rings is 3. The third kappa shape index (κ3) is 9.12. The number of pyridine rings is 1. The Morgan fingerprint density at radius 2 is 1.73 bits per heavy atom. The third-order valence-electron chi connectivity index (χ3n) is 9.08. The SMILES string of the molecule is Cc1c(COc2cc(OCc3cncc(S(C)(=O)=O)c3)c(CN)cc2Cl)cccc1-c1cccc(OCCCN2CCC(CO)(C(=O)O)C2)c1Cl. The van der Waals surface area contributed by atoms with Crippen LogP contribution in [0.25, 0.3) is 11.1 Å². The molecule has 0 spiro atoms. The zero-order valence-electron chi connectivity index (χ0n) is 28.4. The van der Waals surface area contributed by atoms with Crippen LogP contribution in [-0.4, -0.2) is 73.6 Å². The van der Waals surface area contributed by atoms with Crippen molar-refractivity contribution in [2.45, 2.75) is 44.4 Å². The van der Waals surface area contributed by atoms with E-state index in [0.29, 0.717) is 77.5 Å². The van der Waals surface area contributed by atoms with Crippen LogP contribution in [0.5, 0.6) is 17.2 Å². The van der Waals surface area contributed by atoms with Gasteiger partial charge in [-0.1, -0.05) is 53.5 Å². The fourth-order valence-corrected chi connectivity index (χ4v) is 7.14. The molecular weight excluding hydrogens is 717 g/mol. The Bertz CT molecular complexity index is 1990. The van der Waals surface area contributed by atoms with E-state index < -0.39 is 21.2 Å². The number of carboxylic acid groups (broad SMARTS) is 1. The standard InChI is InChI=1S/C37H41Cl2N3O8S/c1-24-26(21-50-34-16-33(27(17-40)15-31(34)38)49-20-25-14-28(19-41-18-25)51(2,46)47)6-3-7-29(24)30-8-4-9-32(35(30)39)48-13-5-11-42-12-10-37(22-42,23-43)36(44)45/h3-4,6-9,14-16,18-19,43H,5,10-13,17,20-23,40H2,1-2H3,(H,44,45). The number of carbonyl (C=O) groups is 1. The summed E-state index contributed by atoms with van der Waals surface area (Å²) < 4.78 is 42.2. The van der Waals surface area contributed by atoms with E-state index in [1.807, 2.05) is 48.2 Å². The van der Waals surface area contributed by atoms with Gasteiger partial charge >= 0.3 is 5.97 Å². The average molecular weight is 759 g/mol. The Balaban J connectivity index is 1.24. The molecule has 1 atom stereocenters. The molecule has 0 aliphatic carbocycles. The number of hydrogen-bond acceptors (Lipinski definition) is 10. The first-order chi connectivity index (χ1) is 24.3. The van der Waals surface area contributed by atoms with Crippen molar-refractivity contribution in [1.82, 2.24) is 9.88 Å². The van der Waals surface area contributed by atoms with Crippen LogP contribution >= 0.6 is 23.2 Å². The first-order valence-electron chi connectivity index (χ1n) is 16.3. The molecule has 0 bridgehead atoms. The lowest BCUT2D eigenvalue weighted by molar-refractivity contribution is -0.150. The Kier molecular flexibility index (Phi) is 12.5. The van der Waals surface area contributed by atoms with Gasteiger partial charge in [0.1, 0.15) is 35.9 Å². The second kappa shape index (κ2) is 16.6. The minimum Gasteiger partial charge on any atom is -0.492 e.